The summed E-state index contributed by atoms with van der Waals surface area (Å²) >= 11 is 1.88. The van der Waals surface area contributed by atoms with Gasteiger partial charge < -0.3 is 11.1 Å². The Morgan fingerprint density at radius 2 is 2.05 bits per heavy atom. The lowest BCUT2D eigenvalue weighted by Crippen LogP contribution is -2.38. The number of benzene rings is 1. The van der Waals surface area contributed by atoms with E-state index >= 15 is 0 Å². The fourth-order valence-corrected chi connectivity index (χ4v) is 3.32. The number of anilines is 1. The second-order valence-electron chi connectivity index (χ2n) is 5.21. The maximum atomic E-state index is 12.2. The van der Waals surface area contributed by atoms with E-state index in [2.05, 4.69) is 11.6 Å². The van der Waals surface area contributed by atoms with Gasteiger partial charge in [0.05, 0.1) is 4.92 Å². The molecule has 21 heavy (non-hydrogen) atoms. The number of nitro benzene ring substituents is 1. The maximum Gasteiger partial charge on any atom is 0.292 e. The quantitative estimate of drug-likeness (QED) is 0.506. The van der Waals surface area contributed by atoms with Crippen molar-refractivity contribution in [3.8, 4) is 0 Å². The molecule has 0 aliphatic heterocycles. The van der Waals surface area contributed by atoms with E-state index in [1.807, 2.05) is 11.8 Å². The van der Waals surface area contributed by atoms with Crippen LogP contribution in [-0.2, 0) is 0 Å². The Bertz CT molecular complexity index is 542. The Kier molecular flexibility index (Phi) is 5.06. The van der Waals surface area contributed by atoms with Crippen molar-refractivity contribution in [3.63, 3.8) is 0 Å². The van der Waals surface area contributed by atoms with E-state index < -0.39 is 4.92 Å². The van der Waals surface area contributed by atoms with Gasteiger partial charge in [-0.1, -0.05) is 0 Å². The molecule has 0 bridgehead atoms. The highest BCUT2D eigenvalue weighted by atomic mass is 32.2. The molecule has 1 amide bonds. The average Bonchev–Trinajstić information content (AvgIpc) is 2.47. The van der Waals surface area contributed by atoms with E-state index in [1.165, 1.54) is 18.2 Å². The average molecular weight is 309 g/mol. The number of rotatable bonds is 4. The van der Waals surface area contributed by atoms with Crippen molar-refractivity contribution in [2.24, 2.45) is 0 Å². The standard InChI is InChI=1S/C14H19N3O3S/c1-21-11-5-3-10(4-6-11)16-14(18)9-2-7-13(17(19)20)12(15)8-9/h2,7-8,10-11H,3-6,15H2,1H3,(H,16,18). The van der Waals surface area contributed by atoms with Gasteiger partial charge in [-0.3, -0.25) is 14.9 Å². The molecule has 1 fully saturated rings. The van der Waals surface area contributed by atoms with Crippen LogP contribution in [0.2, 0.25) is 0 Å². The molecule has 7 heteroatoms. The minimum absolute atomic E-state index is 0.0127. The molecule has 1 saturated carbocycles. The Balaban J connectivity index is 1.98. The number of carbonyl (C=O) groups is 1. The zero-order valence-corrected chi connectivity index (χ0v) is 12.7. The van der Waals surface area contributed by atoms with Gasteiger partial charge in [-0.15, -0.1) is 0 Å². The highest BCUT2D eigenvalue weighted by Crippen LogP contribution is 2.27. The topological polar surface area (TPSA) is 98.3 Å². The monoisotopic (exact) mass is 309 g/mol. The van der Waals surface area contributed by atoms with E-state index in [-0.39, 0.29) is 23.3 Å². The summed E-state index contributed by atoms with van der Waals surface area (Å²) in [6.07, 6.45) is 6.27. The van der Waals surface area contributed by atoms with Crippen LogP contribution in [0.4, 0.5) is 11.4 Å². The number of nitrogens with two attached hydrogens (primary N) is 1. The molecule has 6 nitrogen and oxygen atoms in total. The van der Waals surface area contributed by atoms with Gasteiger partial charge in [-0.05, 0) is 44.1 Å². The van der Waals surface area contributed by atoms with Crippen LogP contribution in [-0.4, -0.2) is 28.4 Å². The second-order valence-corrected chi connectivity index (χ2v) is 6.35. The molecule has 1 aliphatic carbocycles. The summed E-state index contributed by atoms with van der Waals surface area (Å²) in [5.41, 5.74) is 5.81. The smallest absolute Gasteiger partial charge is 0.292 e. The molecule has 2 rings (SSSR count). The molecular weight excluding hydrogens is 290 g/mol. The molecule has 0 aromatic heterocycles. The Labute approximate surface area is 127 Å². The van der Waals surface area contributed by atoms with Gasteiger partial charge in [0.25, 0.3) is 11.6 Å². The number of thioether (sulfide) groups is 1. The van der Waals surface area contributed by atoms with E-state index in [1.54, 1.807) is 0 Å². The molecule has 0 heterocycles. The van der Waals surface area contributed by atoms with Crippen molar-refractivity contribution in [1.82, 2.24) is 5.32 Å². The van der Waals surface area contributed by atoms with Crippen molar-refractivity contribution in [1.29, 1.82) is 0 Å². The molecule has 0 atom stereocenters. The fourth-order valence-electron chi connectivity index (χ4n) is 2.57. The molecule has 3 N–H and O–H groups in total. The number of nitrogen functional groups attached to an aromatic ring is 1. The number of hydrogen-bond donors (Lipinski definition) is 2. The molecule has 1 aromatic rings. The Morgan fingerprint density at radius 3 is 2.57 bits per heavy atom. The first-order valence-corrected chi connectivity index (χ1v) is 8.17. The SMILES string of the molecule is CSC1CCC(NC(=O)c2ccc([N+](=O)[O-])c(N)c2)CC1. The molecule has 114 valence electrons. The Morgan fingerprint density at radius 1 is 1.38 bits per heavy atom. The molecule has 0 spiro atoms. The van der Waals surface area contributed by atoms with Crippen molar-refractivity contribution >= 4 is 29.0 Å². The number of nitro groups is 1. The van der Waals surface area contributed by atoms with Crippen LogP contribution in [0.15, 0.2) is 18.2 Å². The lowest BCUT2D eigenvalue weighted by Gasteiger charge is -2.28. The van der Waals surface area contributed by atoms with Gasteiger partial charge in [0.15, 0.2) is 0 Å². The lowest BCUT2D eigenvalue weighted by molar-refractivity contribution is -0.383. The molecular formula is C14H19N3O3S. The lowest BCUT2D eigenvalue weighted by atomic mass is 9.94. The summed E-state index contributed by atoms with van der Waals surface area (Å²) in [5, 5.41) is 14.4. The van der Waals surface area contributed by atoms with Crippen LogP contribution in [0.25, 0.3) is 0 Å². The summed E-state index contributed by atoms with van der Waals surface area (Å²) in [6.45, 7) is 0. The number of hydrogen-bond acceptors (Lipinski definition) is 5. The summed E-state index contributed by atoms with van der Waals surface area (Å²) < 4.78 is 0. The van der Waals surface area contributed by atoms with Crippen LogP contribution in [0, 0.1) is 10.1 Å². The van der Waals surface area contributed by atoms with Crippen molar-refractivity contribution < 1.29 is 9.72 Å². The van der Waals surface area contributed by atoms with Gasteiger partial charge in [0, 0.05) is 22.9 Å². The first-order chi connectivity index (χ1) is 10.0. The van der Waals surface area contributed by atoms with Crippen LogP contribution in [0.5, 0.6) is 0 Å². The van der Waals surface area contributed by atoms with E-state index in [0.29, 0.717) is 10.8 Å². The molecule has 0 saturated heterocycles. The summed E-state index contributed by atoms with van der Waals surface area (Å²) in [5.74, 6) is -0.218. The van der Waals surface area contributed by atoms with Crippen LogP contribution in [0.3, 0.4) is 0 Å². The predicted molar refractivity (Wildman–Crippen MR) is 84.5 cm³/mol. The normalized spacial score (nSPS) is 21.8. The second kappa shape index (κ2) is 6.80. The minimum atomic E-state index is -0.555. The zero-order valence-electron chi connectivity index (χ0n) is 11.9. The van der Waals surface area contributed by atoms with Crippen molar-refractivity contribution in [2.45, 2.75) is 37.0 Å². The van der Waals surface area contributed by atoms with Crippen molar-refractivity contribution in [3.05, 3.63) is 33.9 Å². The minimum Gasteiger partial charge on any atom is -0.393 e. The van der Waals surface area contributed by atoms with Crippen LogP contribution >= 0.6 is 11.8 Å². The molecule has 0 radical (unpaired) electrons. The molecule has 1 aliphatic rings. The van der Waals surface area contributed by atoms with E-state index in [4.69, 9.17) is 5.73 Å². The van der Waals surface area contributed by atoms with Crippen LogP contribution in [0.1, 0.15) is 36.0 Å². The first-order valence-electron chi connectivity index (χ1n) is 6.89. The summed E-state index contributed by atoms with van der Waals surface area (Å²) in [4.78, 5) is 22.3. The highest BCUT2D eigenvalue weighted by molar-refractivity contribution is 7.99. The van der Waals surface area contributed by atoms with Gasteiger partial charge in [-0.2, -0.15) is 11.8 Å². The van der Waals surface area contributed by atoms with E-state index in [9.17, 15) is 14.9 Å². The number of nitrogens with one attached hydrogen (secondary N) is 1. The summed E-state index contributed by atoms with van der Waals surface area (Å²) in [6, 6.07) is 4.25. The van der Waals surface area contributed by atoms with E-state index in [0.717, 1.165) is 25.7 Å². The maximum absolute atomic E-state index is 12.2. The van der Waals surface area contributed by atoms with Crippen LogP contribution < -0.4 is 11.1 Å². The third kappa shape index (κ3) is 3.87. The Hall–Kier alpha value is -1.76. The predicted octanol–water partition coefficient (Wildman–Crippen LogP) is 2.58. The number of carbonyl (C=O) groups excluding carboxylic acids is 1. The van der Waals surface area contributed by atoms with Gasteiger partial charge >= 0.3 is 0 Å². The largest absolute Gasteiger partial charge is 0.393 e. The number of amides is 1. The van der Waals surface area contributed by atoms with Gasteiger partial charge in [0.1, 0.15) is 5.69 Å². The fraction of sp³-hybridized carbons (Fsp3) is 0.500. The first kappa shape index (κ1) is 15.6. The third-order valence-electron chi connectivity index (χ3n) is 3.83. The van der Waals surface area contributed by atoms with Crippen molar-refractivity contribution in [2.75, 3.05) is 12.0 Å². The van der Waals surface area contributed by atoms with Gasteiger partial charge in [0.2, 0.25) is 0 Å². The summed E-state index contributed by atoms with van der Waals surface area (Å²) in [7, 11) is 0. The third-order valence-corrected chi connectivity index (χ3v) is 4.97. The molecule has 1 aromatic carbocycles. The zero-order chi connectivity index (χ0) is 15.4. The number of nitrogens with zero attached hydrogens (tertiary/aromatic N) is 1. The van der Waals surface area contributed by atoms with Gasteiger partial charge in [-0.25, -0.2) is 0 Å². The molecule has 0 unspecified atom stereocenters. The highest BCUT2D eigenvalue weighted by Gasteiger charge is 2.22.